The largest absolute Gasteiger partial charge is 0.382 e. The van der Waals surface area contributed by atoms with Crippen LogP contribution in [-0.2, 0) is 4.79 Å². The number of hydrogen-bond donors (Lipinski definition) is 3. The van der Waals surface area contributed by atoms with Crippen molar-refractivity contribution in [2.45, 2.75) is 52.6 Å². The molecule has 2 aliphatic heterocycles. The molecule has 31 heavy (non-hydrogen) atoms. The van der Waals surface area contributed by atoms with Gasteiger partial charge in [-0.05, 0) is 31.7 Å². The van der Waals surface area contributed by atoms with E-state index in [0.717, 1.165) is 76.4 Å². The Morgan fingerprint density at radius 2 is 1.84 bits per heavy atom. The number of anilines is 4. The minimum atomic E-state index is -0.433. The molecule has 9 nitrogen and oxygen atoms in total. The molecule has 3 rings (SSSR count). The molecule has 3 heterocycles. The first-order valence-electron chi connectivity index (χ1n) is 11.9. The number of nitrogens with one attached hydrogen (secondary N) is 2. The molecule has 1 atom stereocenters. The van der Waals surface area contributed by atoms with E-state index >= 15 is 0 Å². The van der Waals surface area contributed by atoms with Gasteiger partial charge in [0.15, 0.2) is 24.1 Å². The summed E-state index contributed by atoms with van der Waals surface area (Å²) in [4.78, 5) is 27.8. The predicted octanol–water partition coefficient (Wildman–Crippen LogP) is 2.08. The number of hydrogen-bond acceptors (Lipinski definition) is 9. The van der Waals surface area contributed by atoms with Gasteiger partial charge in [-0.2, -0.15) is 9.97 Å². The number of rotatable bonds is 12. The zero-order valence-electron chi connectivity index (χ0n) is 19.4. The molecule has 4 N–H and O–H groups in total. The van der Waals surface area contributed by atoms with Crippen molar-refractivity contribution >= 4 is 29.6 Å². The number of piperazine rings is 1. The average molecular weight is 433 g/mol. The normalized spacial score (nSPS) is 19.5. The fourth-order valence-electron chi connectivity index (χ4n) is 4.31. The number of nitrogen functional groups attached to an aromatic ring is 1. The Balaban J connectivity index is 1.49. The number of nitrogens with zero attached hydrogens (tertiary/aromatic N) is 5. The van der Waals surface area contributed by atoms with E-state index in [4.69, 9.17) is 5.73 Å². The summed E-state index contributed by atoms with van der Waals surface area (Å²) >= 11 is 0. The third-order valence-corrected chi connectivity index (χ3v) is 5.97. The van der Waals surface area contributed by atoms with Gasteiger partial charge in [0.25, 0.3) is 0 Å². The molecule has 0 radical (unpaired) electrons. The Morgan fingerprint density at radius 1 is 1.13 bits per heavy atom. The molecule has 9 heteroatoms. The maximum atomic E-state index is 11.7. The van der Waals surface area contributed by atoms with Crippen LogP contribution in [-0.4, -0.2) is 84.6 Å². The Hall–Kier alpha value is -2.13. The Bertz CT molecular complexity index is 705. The van der Waals surface area contributed by atoms with E-state index in [0.29, 0.717) is 17.5 Å². The Labute approximate surface area is 186 Å². The molecule has 0 saturated carbocycles. The van der Waals surface area contributed by atoms with E-state index in [-0.39, 0.29) is 0 Å². The lowest BCUT2D eigenvalue weighted by Crippen LogP contribution is -2.47. The van der Waals surface area contributed by atoms with Gasteiger partial charge in [-0.1, -0.05) is 27.2 Å². The molecule has 0 amide bonds. The minimum absolute atomic E-state index is 0.387. The Kier molecular flexibility index (Phi) is 8.71. The zero-order chi connectivity index (χ0) is 22.2. The fourth-order valence-corrected chi connectivity index (χ4v) is 4.31. The van der Waals surface area contributed by atoms with Gasteiger partial charge in [-0.25, -0.2) is 0 Å². The van der Waals surface area contributed by atoms with Crippen molar-refractivity contribution in [3.63, 3.8) is 0 Å². The van der Waals surface area contributed by atoms with Gasteiger partial charge in [0.2, 0.25) is 5.95 Å². The summed E-state index contributed by atoms with van der Waals surface area (Å²) in [6, 6.07) is 0. The molecule has 1 aromatic rings. The molecule has 1 unspecified atom stereocenters. The highest BCUT2D eigenvalue weighted by molar-refractivity contribution is 5.88. The average Bonchev–Trinajstić information content (AvgIpc) is 3.10. The van der Waals surface area contributed by atoms with Crippen molar-refractivity contribution < 1.29 is 4.79 Å². The first-order chi connectivity index (χ1) is 15.0. The van der Waals surface area contributed by atoms with Gasteiger partial charge in [0, 0.05) is 45.8 Å². The van der Waals surface area contributed by atoms with Crippen molar-refractivity contribution in [1.82, 2.24) is 19.8 Å². The van der Waals surface area contributed by atoms with Crippen molar-refractivity contribution in [2.24, 2.45) is 5.92 Å². The first-order valence-corrected chi connectivity index (χ1v) is 11.9. The van der Waals surface area contributed by atoms with E-state index in [9.17, 15) is 4.79 Å². The molecular formula is C22H40N8O. The van der Waals surface area contributed by atoms with Crippen molar-refractivity contribution in [2.75, 3.05) is 73.6 Å². The van der Waals surface area contributed by atoms with E-state index < -0.39 is 6.17 Å². The Morgan fingerprint density at radius 3 is 2.52 bits per heavy atom. The van der Waals surface area contributed by atoms with Gasteiger partial charge in [-0.3, -0.25) is 4.79 Å². The second-order valence-corrected chi connectivity index (χ2v) is 9.07. The lowest BCUT2D eigenvalue weighted by atomic mass is 10.2. The van der Waals surface area contributed by atoms with Gasteiger partial charge >= 0.3 is 0 Å². The number of aldehydes is 1. The lowest BCUT2D eigenvalue weighted by Gasteiger charge is -2.35. The summed E-state index contributed by atoms with van der Waals surface area (Å²) in [5, 5.41) is 6.41. The highest BCUT2D eigenvalue weighted by atomic mass is 16.1. The molecule has 174 valence electrons. The summed E-state index contributed by atoms with van der Waals surface area (Å²) in [5.74, 6) is 2.38. The van der Waals surface area contributed by atoms with E-state index in [1.165, 1.54) is 19.6 Å². The summed E-state index contributed by atoms with van der Waals surface area (Å²) < 4.78 is 0. The number of nitrogens with two attached hydrogens (primary N) is 1. The smallest absolute Gasteiger partial charge is 0.226 e. The van der Waals surface area contributed by atoms with Crippen LogP contribution in [0.15, 0.2) is 0 Å². The predicted molar refractivity (Wildman–Crippen MR) is 128 cm³/mol. The van der Waals surface area contributed by atoms with Gasteiger partial charge in [-0.15, -0.1) is 0 Å². The van der Waals surface area contributed by atoms with E-state index in [1.54, 1.807) is 0 Å². The number of carbonyl (C=O) groups excluding carboxylic acids is 1. The van der Waals surface area contributed by atoms with Crippen LogP contribution in [0.2, 0.25) is 0 Å². The summed E-state index contributed by atoms with van der Waals surface area (Å²) in [5.41, 5.74) is 6.81. The molecule has 0 spiro atoms. The van der Waals surface area contributed by atoms with Gasteiger partial charge < -0.3 is 31.1 Å². The summed E-state index contributed by atoms with van der Waals surface area (Å²) in [6.45, 7) is 15.2. The second-order valence-electron chi connectivity index (χ2n) is 9.07. The third-order valence-electron chi connectivity index (χ3n) is 5.97. The highest BCUT2D eigenvalue weighted by Crippen LogP contribution is 2.37. The highest BCUT2D eigenvalue weighted by Gasteiger charge is 2.32. The number of aromatic nitrogens is 2. The zero-order valence-corrected chi connectivity index (χ0v) is 19.4. The van der Waals surface area contributed by atoms with Crippen LogP contribution in [0.5, 0.6) is 0 Å². The number of fused-ring (bicyclic) bond motifs is 1. The number of carbonyl (C=O) groups is 1. The third kappa shape index (κ3) is 6.43. The van der Waals surface area contributed by atoms with Crippen LogP contribution in [0.25, 0.3) is 0 Å². The number of unbranched alkanes of at least 4 members (excludes halogenated alkanes) is 2. The standard InChI is InChI=1S/C22H40N8O/c1-4-5-8-24-22-26-20(23)19-21(27-22)30(18(16-31)25-19)10-7-6-9-28-11-13-29(14-12-28)15-17(2)3/h16-18,25H,4-15H2,1-3H3,(H3,23,24,26,27). The summed E-state index contributed by atoms with van der Waals surface area (Å²) in [6.07, 6.45) is 4.73. The molecule has 1 saturated heterocycles. The van der Waals surface area contributed by atoms with Crippen molar-refractivity contribution in [1.29, 1.82) is 0 Å². The van der Waals surface area contributed by atoms with Crippen LogP contribution in [0.1, 0.15) is 46.5 Å². The fraction of sp³-hybridized carbons (Fsp3) is 0.773. The maximum Gasteiger partial charge on any atom is 0.226 e. The van der Waals surface area contributed by atoms with Crippen molar-refractivity contribution in [3.05, 3.63) is 0 Å². The quantitative estimate of drug-likeness (QED) is 0.338. The summed E-state index contributed by atoms with van der Waals surface area (Å²) in [7, 11) is 0. The van der Waals surface area contributed by atoms with Crippen LogP contribution in [0.4, 0.5) is 23.3 Å². The van der Waals surface area contributed by atoms with Crippen molar-refractivity contribution in [3.8, 4) is 0 Å². The molecule has 0 aromatic carbocycles. The molecular weight excluding hydrogens is 392 g/mol. The van der Waals surface area contributed by atoms with Crippen LogP contribution < -0.4 is 21.3 Å². The van der Waals surface area contributed by atoms with Gasteiger partial charge in [0.05, 0.1) is 0 Å². The lowest BCUT2D eigenvalue weighted by molar-refractivity contribution is -0.108. The molecule has 0 bridgehead atoms. The van der Waals surface area contributed by atoms with Gasteiger partial charge in [0.1, 0.15) is 5.69 Å². The second kappa shape index (κ2) is 11.5. The van der Waals surface area contributed by atoms with E-state index in [2.05, 4.69) is 51.2 Å². The minimum Gasteiger partial charge on any atom is -0.382 e. The molecule has 1 aromatic heterocycles. The van der Waals surface area contributed by atoms with Crippen LogP contribution in [0.3, 0.4) is 0 Å². The molecule has 0 aliphatic carbocycles. The first kappa shape index (κ1) is 23.5. The van der Waals surface area contributed by atoms with Crippen LogP contribution in [0, 0.1) is 5.92 Å². The van der Waals surface area contributed by atoms with Crippen LogP contribution >= 0.6 is 0 Å². The topological polar surface area (TPSA) is 103 Å². The maximum absolute atomic E-state index is 11.7. The molecule has 2 aliphatic rings. The molecule has 1 fully saturated rings. The van der Waals surface area contributed by atoms with E-state index in [1.807, 2.05) is 4.90 Å². The SMILES string of the molecule is CCCCNc1nc(N)c2c(n1)N(CCCCN1CCN(CC(C)C)CC1)C(C=O)N2. The monoisotopic (exact) mass is 432 g/mol.